The molecule has 0 bridgehead atoms. The number of nitrogens with zero attached hydrogens (tertiary/aromatic N) is 3. The highest BCUT2D eigenvalue weighted by atomic mass is 35.5. The van der Waals surface area contributed by atoms with Crippen molar-refractivity contribution in [1.29, 1.82) is 0 Å². The number of hydrogen-bond donors (Lipinski definition) is 0. The molecule has 3 heterocycles. The van der Waals surface area contributed by atoms with Crippen LogP contribution in [0.2, 0.25) is 5.02 Å². The van der Waals surface area contributed by atoms with Gasteiger partial charge in [0.1, 0.15) is 5.82 Å². The summed E-state index contributed by atoms with van der Waals surface area (Å²) in [6, 6.07) is 1.25. The van der Waals surface area contributed by atoms with Crippen molar-refractivity contribution >= 4 is 23.3 Å². The lowest BCUT2D eigenvalue weighted by atomic mass is 9.86. The van der Waals surface area contributed by atoms with Crippen LogP contribution in [-0.2, 0) is 11.0 Å². The Labute approximate surface area is 174 Å². The fourth-order valence-corrected chi connectivity index (χ4v) is 5.06. The second-order valence-electron chi connectivity index (χ2n) is 8.57. The third-order valence-corrected chi connectivity index (χ3v) is 6.82. The molecule has 1 amide bonds. The first-order valence-corrected chi connectivity index (χ1v) is 11.0. The first kappa shape index (κ1) is 20.8. The highest BCUT2D eigenvalue weighted by Gasteiger charge is 2.40. The molecule has 0 spiro atoms. The van der Waals surface area contributed by atoms with Crippen LogP contribution in [-0.4, -0.2) is 41.5 Å². The van der Waals surface area contributed by atoms with Crippen LogP contribution in [0.15, 0.2) is 12.3 Å². The van der Waals surface area contributed by atoms with E-state index in [2.05, 4.69) is 9.88 Å². The molecule has 3 aliphatic rings. The molecule has 0 radical (unpaired) electrons. The molecule has 4 nitrogen and oxygen atoms in total. The van der Waals surface area contributed by atoms with Gasteiger partial charge in [0.15, 0.2) is 0 Å². The van der Waals surface area contributed by atoms with Gasteiger partial charge in [0.25, 0.3) is 0 Å². The van der Waals surface area contributed by atoms with Crippen LogP contribution < -0.4 is 4.90 Å². The van der Waals surface area contributed by atoms with E-state index in [0.29, 0.717) is 36.8 Å². The van der Waals surface area contributed by atoms with Crippen molar-refractivity contribution in [2.45, 2.75) is 63.6 Å². The number of halogens is 4. The first-order valence-electron chi connectivity index (χ1n) is 10.6. The highest BCUT2D eigenvalue weighted by molar-refractivity contribution is 6.33. The molecule has 1 aliphatic carbocycles. The monoisotopic (exact) mass is 429 g/mol. The number of carbonyl (C=O) groups is 1. The summed E-state index contributed by atoms with van der Waals surface area (Å²) in [6.07, 6.45) is 4.74. The lowest BCUT2D eigenvalue weighted by Gasteiger charge is -2.41. The van der Waals surface area contributed by atoms with Crippen LogP contribution in [0.5, 0.6) is 0 Å². The van der Waals surface area contributed by atoms with Gasteiger partial charge in [-0.3, -0.25) is 4.79 Å². The number of anilines is 1. The van der Waals surface area contributed by atoms with E-state index in [1.54, 1.807) is 0 Å². The number of carbonyl (C=O) groups excluding carboxylic acids is 1. The van der Waals surface area contributed by atoms with Crippen molar-refractivity contribution in [3.8, 4) is 0 Å². The Hall–Kier alpha value is -1.50. The van der Waals surface area contributed by atoms with Gasteiger partial charge in [-0.1, -0.05) is 24.4 Å². The number of pyridine rings is 1. The predicted octanol–water partition coefficient (Wildman–Crippen LogP) is 5.15. The molecule has 8 heteroatoms. The predicted molar refractivity (Wildman–Crippen MR) is 106 cm³/mol. The molecular weight excluding hydrogens is 403 g/mol. The van der Waals surface area contributed by atoms with E-state index in [1.165, 1.54) is 6.42 Å². The smallest absolute Gasteiger partial charge is 0.355 e. The molecule has 29 heavy (non-hydrogen) atoms. The molecule has 0 aromatic carbocycles. The van der Waals surface area contributed by atoms with Crippen molar-refractivity contribution in [1.82, 2.24) is 9.88 Å². The zero-order chi connectivity index (χ0) is 20.6. The van der Waals surface area contributed by atoms with Crippen molar-refractivity contribution in [2.24, 2.45) is 11.8 Å². The topological polar surface area (TPSA) is 36.4 Å². The molecule has 1 aromatic heterocycles. The quantitative estimate of drug-likeness (QED) is 0.666. The van der Waals surface area contributed by atoms with E-state index in [1.807, 2.05) is 4.90 Å². The lowest BCUT2D eigenvalue weighted by Crippen LogP contribution is -2.48. The summed E-state index contributed by atoms with van der Waals surface area (Å²) in [7, 11) is 0. The van der Waals surface area contributed by atoms with Crippen molar-refractivity contribution in [3.63, 3.8) is 0 Å². The number of likely N-dealkylation sites (tertiary alicyclic amines) is 1. The van der Waals surface area contributed by atoms with Crippen LogP contribution >= 0.6 is 11.6 Å². The molecule has 0 N–H and O–H groups in total. The minimum Gasteiger partial charge on any atom is -0.355 e. The molecule has 1 saturated carbocycles. The maximum Gasteiger partial charge on any atom is 0.417 e. The van der Waals surface area contributed by atoms with E-state index in [0.717, 1.165) is 63.8 Å². The van der Waals surface area contributed by atoms with Gasteiger partial charge >= 0.3 is 6.18 Å². The number of piperidine rings is 1. The molecule has 2 saturated heterocycles. The molecule has 3 fully saturated rings. The first-order chi connectivity index (χ1) is 13.8. The van der Waals surface area contributed by atoms with Crippen LogP contribution in [0.1, 0.15) is 56.9 Å². The number of alkyl halides is 3. The summed E-state index contributed by atoms with van der Waals surface area (Å²) in [5.41, 5.74) is -0.825. The normalized spacial score (nSPS) is 24.5. The summed E-state index contributed by atoms with van der Waals surface area (Å²) in [6.45, 7) is 2.27. The van der Waals surface area contributed by atoms with E-state index < -0.39 is 11.7 Å². The van der Waals surface area contributed by atoms with Gasteiger partial charge in [-0.05, 0) is 50.5 Å². The molecule has 2 aliphatic heterocycles. The number of rotatable bonds is 3. The Morgan fingerprint density at radius 2 is 1.76 bits per heavy atom. The second kappa shape index (κ2) is 8.32. The van der Waals surface area contributed by atoms with Crippen LogP contribution in [0.4, 0.5) is 19.0 Å². The Kier molecular flexibility index (Phi) is 5.96. The van der Waals surface area contributed by atoms with E-state index in [9.17, 15) is 18.0 Å². The summed E-state index contributed by atoms with van der Waals surface area (Å²) in [4.78, 5) is 20.9. The van der Waals surface area contributed by atoms with Gasteiger partial charge in [-0.2, -0.15) is 13.2 Å². The Balaban J connectivity index is 1.42. The van der Waals surface area contributed by atoms with Gasteiger partial charge in [0.05, 0.1) is 10.6 Å². The minimum absolute atomic E-state index is 0.0401. The standard InChI is InChI=1S/C21H27ClF3N3O/c22-17-12-16(21(23,24)25)13-26-19(17)27-10-7-14(8-11-27)18-4-2-1-3-9-28(18)20(29)15-5-6-15/h12-15,18H,1-11H2/t18-/m0/s1. The molecule has 160 valence electrons. The van der Waals surface area contributed by atoms with Crippen LogP contribution in [0.25, 0.3) is 0 Å². The molecule has 1 aromatic rings. The molecule has 4 rings (SSSR count). The van der Waals surface area contributed by atoms with Crippen molar-refractivity contribution in [3.05, 3.63) is 22.8 Å². The van der Waals surface area contributed by atoms with Crippen molar-refractivity contribution in [2.75, 3.05) is 24.5 Å². The van der Waals surface area contributed by atoms with E-state index >= 15 is 0 Å². The van der Waals surface area contributed by atoms with Gasteiger partial charge < -0.3 is 9.80 Å². The number of amides is 1. The zero-order valence-corrected chi connectivity index (χ0v) is 17.2. The number of aromatic nitrogens is 1. The van der Waals surface area contributed by atoms with Crippen molar-refractivity contribution < 1.29 is 18.0 Å². The fourth-order valence-electron chi connectivity index (χ4n) is 4.78. The maximum absolute atomic E-state index is 12.9. The van der Waals surface area contributed by atoms with E-state index in [-0.39, 0.29) is 10.9 Å². The summed E-state index contributed by atoms with van der Waals surface area (Å²) < 4.78 is 38.6. The lowest BCUT2D eigenvalue weighted by molar-refractivity contribution is -0.138. The van der Waals surface area contributed by atoms with Gasteiger partial charge in [0, 0.05) is 37.8 Å². The highest BCUT2D eigenvalue weighted by Crippen LogP contribution is 2.38. The van der Waals surface area contributed by atoms with E-state index in [4.69, 9.17) is 11.6 Å². The Morgan fingerprint density at radius 1 is 1.03 bits per heavy atom. The second-order valence-corrected chi connectivity index (χ2v) is 8.98. The summed E-state index contributed by atoms with van der Waals surface area (Å²) in [5.74, 6) is 1.43. The third-order valence-electron chi connectivity index (χ3n) is 6.54. The summed E-state index contributed by atoms with van der Waals surface area (Å²) >= 11 is 6.12. The minimum atomic E-state index is -4.45. The summed E-state index contributed by atoms with van der Waals surface area (Å²) in [5, 5.41) is 0.0401. The Bertz CT molecular complexity index is 745. The molecule has 1 atom stereocenters. The van der Waals surface area contributed by atoms with Gasteiger partial charge in [0.2, 0.25) is 5.91 Å². The average molecular weight is 430 g/mol. The largest absolute Gasteiger partial charge is 0.417 e. The van der Waals surface area contributed by atoms with Crippen LogP contribution in [0.3, 0.4) is 0 Å². The number of hydrogen-bond acceptors (Lipinski definition) is 3. The SMILES string of the molecule is O=C(C1CC1)N1CCCCC[C@H]1C1CCN(c2ncc(C(F)(F)F)cc2Cl)CC1. The average Bonchev–Trinajstić information content (AvgIpc) is 3.54. The zero-order valence-electron chi connectivity index (χ0n) is 16.4. The Morgan fingerprint density at radius 3 is 2.38 bits per heavy atom. The maximum atomic E-state index is 12.9. The fraction of sp³-hybridized carbons (Fsp3) is 0.714. The van der Waals surface area contributed by atoms with Gasteiger partial charge in [-0.25, -0.2) is 4.98 Å². The van der Waals surface area contributed by atoms with Gasteiger partial charge in [-0.15, -0.1) is 0 Å². The third kappa shape index (κ3) is 4.65. The molecular formula is C21H27ClF3N3O. The molecule has 0 unspecified atom stereocenters. The van der Waals surface area contributed by atoms with Crippen LogP contribution in [0, 0.1) is 11.8 Å².